The molecule has 0 bridgehead atoms. The van der Waals surface area contributed by atoms with Gasteiger partial charge in [-0.3, -0.25) is 14.8 Å². The predicted octanol–water partition coefficient (Wildman–Crippen LogP) is 1.76. The quantitative estimate of drug-likeness (QED) is 0.206. The van der Waals surface area contributed by atoms with E-state index in [1.807, 2.05) is 0 Å². The minimum absolute atomic E-state index is 0.0517. The lowest BCUT2D eigenvalue weighted by molar-refractivity contribution is -0.134. The van der Waals surface area contributed by atoms with E-state index in [4.69, 9.17) is 26.3 Å². The van der Waals surface area contributed by atoms with Crippen LogP contribution in [0.4, 0.5) is 0 Å². The zero-order valence-electron chi connectivity index (χ0n) is 17.6. The van der Waals surface area contributed by atoms with Gasteiger partial charge in [-0.05, 0) is 55.7 Å². The van der Waals surface area contributed by atoms with E-state index in [0.29, 0.717) is 36.0 Å². The maximum Gasteiger partial charge on any atom is 0.265 e. The number of ether oxygens (including phenoxy) is 2. The molecule has 1 fully saturated rings. The largest absolute Gasteiger partial charge is 0.494 e. The van der Waals surface area contributed by atoms with Gasteiger partial charge in [0.25, 0.3) is 11.8 Å². The summed E-state index contributed by atoms with van der Waals surface area (Å²) in [5.41, 5.74) is 1.88. The molecular weight excluding hydrogens is 474 g/mol. The third-order valence-corrected chi connectivity index (χ3v) is 8.07. The maximum absolute atomic E-state index is 13.2. The van der Waals surface area contributed by atoms with Crippen molar-refractivity contribution >= 4 is 33.3 Å². The topological polar surface area (TPSA) is 144 Å². The fraction of sp³-hybridized carbons (Fsp3) is 0.381. The Bertz CT molecular complexity index is 1070. The van der Waals surface area contributed by atoms with Crippen LogP contribution in [0.5, 0.6) is 5.75 Å². The molecule has 0 radical (unpaired) electrons. The lowest BCUT2D eigenvalue weighted by Gasteiger charge is -2.34. The second-order valence-corrected chi connectivity index (χ2v) is 10.00. The van der Waals surface area contributed by atoms with Crippen LogP contribution in [0.25, 0.3) is 0 Å². The van der Waals surface area contributed by atoms with Crippen molar-refractivity contribution in [2.75, 3.05) is 26.4 Å². The minimum atomic E-state index is -4.09. The number of nitrogens with zero attached hydrogens (tertiary/aromatic N) is 1. The molecule has 1 saturated heterocycles. The van der Waals surface area contributed by atoms with Gasteiger partial charge in [0.2, 0.25) is 0 Å². The molecule has 12 heteroatoms. The van der Waals surface area contributed by atoms with E-state index in [1.165, 1.54) is 42.0 Å². The van der Waals surface area contributed by atoms with Crippen molar-refractivity contribution in [2.24, 2.45) is 0 Å². The van der Waals surface area contributed by atoms with Crippen LogP contribution in [0, 0.1) is 0 Å². The van der Waals surface area contributed by atoms with Crippen LogP contribution in [-0.2, 0) is 19.4 Å². The number of rotatable bonds is 9. The SMILES string of the molecule is O=C(NCCCOc1ccc(S(=O)(=O)C2(C(=O)NO)CCOCC2)cc1)c1ccc(Cl)nc1. The van der Waals surface area contributed by atoms with Crippen LogP contribution in [0.3, 0.4) is 0 Å². The average molecular weight is 498 g/mol. The summed E-state index contributed by atoms with van der Waals surface area (Å²) in [6, 6.07) is 8.82. The van der Waals surface area contributed by atoms with Gasteiger partial charge in [0.15, 0.2) is 14.6 Å². The smallest absolute Gasteiger partial charge is 0.265 e. The Morgan fingerprint density at radius 3 is 2.45 bits per heavy atom. The van der Waals surface area contributed by atoms with Crippen LogP contribution in [0.1, 0.15) is 29.6 Å². The van der Waals surface area contributed by atoms with Crippen molar-refractivity contribution in [3.05, 3.63) is 53.3 Å². The Kier molecular flexibility index (Phi) is 8.25. The van der Waals surface area contributed by atoms with E-state index in [1.54, 1.807) is 6.07 Å². The summed E-state index contributed by atoms with van der Waals surface area (Å²) in [7, 11) is -4.09. The van der Waals surface area contributed by atoms with Crippen molar-refractivity contribution in [1.82, 2.24) is 15.8 Å². The lowest BCUT2D eigenvalue weighted by atomic mass is 9.98. The van der Waals surface area contributed by atoms with Crippen molar-refractivity contribution in [3.8, 4) is 5.75 Å². The summed E-state index contributed by atoms with van der Waals surface area (Å²) < 4.78 is 35.4. The van der Waals surface area contributed by atoms with E-state index in [0.717, 1.165) is 0 Å². The van der Waals surface area contributed by atoms with E-state index < -0.39 is 20.5 Å². The number of hydroxylamine groups is 1. The van der Waals surface area contributed by atoms with E-state index in [2.05, 4.69) is 10.3 Å². The Labute approximate surface area is 196 Å². The van der Waals surface area contributed by atoms with Crippen LogP contribution in [0.15, 0.2) is 47.5 Å². The van der Waals surface area contributed by atoms with Crippen molar-refractivity contribution in [1.29, 1.82) is 0 Å². The third kappa shape index (κ3) is 5.61. The molecule has 1 aliphatic rings. The molecular formula is C21H24ClN3O7S. The molecule has 3 rings (SSSR count). The number of benzene rings is 1. The highest BCUT2D eigenvalue weighted by Gasteiger charge is 2.52. The summed E-state index contributed by atoms with van der Waals surface area (Å²) in [5, 5.41) is 12.1. The fourth-order valence-corrected chi connectivity index (χ4v) is 5.49. The minimum Gasteiger partial charge on any atom is -0.494 e. The highest BCUT2D eigenvalue weighted by atomic mass is 35.5. The molecule has 33 heavy (non-hydrogen) atoms. The van der Waals surface area contributed by atoms with Crippen LogP contribution in [0.2, 0.25) is 5.15 Å². The standard InChI is InChI=1S/C21H24ClN3O7S/c22-18-7-2-15(14-24-18)19(26)23-10-1-11-32-16-3-5-17(6-4-16)33(29,30)21(20(27)25-28)8-12-31-13-9-21/h2-7,14,28H,1,8-13H2,(H,23,26)(H,25,27). The second kappa shape index (κ2) is 10.9. The summed E-state index contributed by atoms with van der Waals surface area (Å²) >= 11 is 5.70. The number of nitrogens with one attached hydrogen (secondary N) is 2. The van der Waals surface area contributed by atoms with Gasteiger partial charge in [0.1, 0.15) is 10.9 Å². The molecule has 1 aromatic carbocycles. The zero-order chi connectivity index (χ0) is 23.9. The van der Waals surface area contributed by atoms with Crippen LogP contribution < -0.4 is 15.5 Å². The Morgan fingerprint density at radius 2 is 1.85 bits per heavy atom. The zero-order valence-corrected chi connectivity index (χ0v) is 19.2. The number of sulfone groups is 1. The first-order chi connectivity index (χ1) is 15.8. The van der Waals surface area contributed by atoms with Gasteiger partial charge in [-0.25, -0.2) is 18.9 Å². The molecule has 1 aliphatic heterocycles. The molecule has 2 amide bonds. The molecule has 0 spiro atoms. The number of carbonyl (C=O) groups is 2. The van der Waals surface area contributed by atoms with Gasteiger partial charge < -0.3 is 14.8 Å². The summed E-state index contributed by atoms with van der Waals surface area (Å²) in [6.45, 7) is 0.853. The van der Waals surface area contributed by atoms with Crippen LogP contribution in [-0.4, -0.2) is 61.5 Å². The van der Waals surface area contributed by atoms with Crippen molar-refractivity contribution in [3.63, 3.8) is 0 Å². The first-order valence-corrected chi connectivity index (χ1v) is 12.1. The molecule has 10 nitrogen and oxygen atoms in total. The second-order valence-electron chi connectivity index (χ2n) is 7.35. The highest BCUT2D eigenvalue weighted by Crippen LogP contribution is 2.35. The van der Waals surface area contributed by atoms with E-state index in [9.17, 15) is 18.0 Å². The van der Waals surface area contributed by atoms with Gasteiger partial charge in [-0.15, -0.1) is 0 Å². The number of pyridine rings is 1. The van der Waals surface area contributed by atoms with Gasteiger partial charge >= 0.3 is 0 Å². The number of carbonyl (C=O) groups excluding carboxylic acids is 2. The lowest BCUT2D eigenvalue weighted by Crippen LogP contribution is -2.54. The molecule has 178 valence electrons. The summed E-state index contributed by atoms with van der Waals surface area (Å²) in [6.07, 6.45) is 1.79. The Morgan fingerprint density at radius 1 is 1.15 bits per heavy atom. The molecule has 0 unspecified atom stereocenters. The van der Waals surface area contributed by atoms with Gasteiger partial charge in [0.05, 0.1) is 17.1 Å². The van der Waals surface area contributed by atoms with Gasteiger partial charge in [-0.2, -0.15) is 0 Å². The molecule has 3 N–H and O–H groups in total. The number of amides is 2. The van der Waals surface area contributed by atoms with E-state index in [-0.39, 0.29) is 36.9 Å². The highest BCUT2D eigenvalue weighted by molar-refractivity contribution is 7.93. The first-order valence-electron chi connectivity index (χ1n) is 10.2. The number of hydrogen-bond acceptors (Lipinski definition) is 8. The average Bonchev–Trinajstić information content (AvgIpc) is 2.84. The molecule has 1 aromatic heterocycles. The predicted molar refractivity (Wildman–Crippen MR) is 118 cm³/mol. The molecule has 2 aromatic rings. The molecule has 0 atom stereocenters. The number of aromatic nitrogens is 1. The Hall–Kier alpha value is -2.73. The van der Waals surface area contributed by atoms with Gasteiger partial charge in [-0.1, -0.05) is 11.6 Å². The summed E-state index contributed by atoms with van der Waals surface area (Å²) in [5.74, 6) is -0.806. The number of hydrogen-bond donors (Lipinski definition) is 3. The molecule has 2 heterocycles. The monoisotopic (exact) mass is 497 g/mol. The molecule has 0 saturated carbocycles. The third-order valence-electron chi connectivity index (χ3n) is 5.33. The van der Waals surface area contributed by atoms with Crippen molar-refractivity contribution in [2.45, 2.75) is 28.9 Å². The number of halogens is 1. The molecule has 0 aliphatic carbocycles. The normalized spacial score (nSPS) is 15.5. The summed E-state index contributed by atoms with van der Waals surface area (Å²) in [4.78, 5) is 28.1. The van der Waals surface area contributed by atoms with Crippen LogP contribution >= 0.6 is 11.6 Å². The van der Waals surface area contributed by atoms with Crippen molar-refractivity contribution < 1.29 is 32.7 Å². The van der Waals surface area contributed by atoms with E-state index >= 15 is 0 Å². The first kappa shape index (κ1) is 24.9. The fourth-order valence-electron chi connectivity index (χ4n) is 3.44. The van der Waals surface area contributed by atoms with Gasteiger partial charge in [0, 0.05) is 26.0 Å². The Balaban J connectivity index is 1.54. The maximum atomic E-state index is 13.2.